The highest BCUT2D eigenvalue weighted by Gasteiger charge is 2.32. The van der Waals surface area contributed by atoms with Crippen molar-refractivity contribution in [2.24, 2.45) is 0 Å². The van der Waals surface area contributed by atoms with Crippen molar-refractivity contribution >= 4 is 46.1 Å². The van der Waals surface area contributed by atoms with Gasteiger partial charge in [-0.1, -0.05) is 56.2 Å². The molecule has 1 aromatic heterocycles. The summed E-state index contributed by atoms with van der Waals surface area (Å²) in [5, 5.41) is 9.78. The van der Waals surface area contributed by atoms with Gasteiger partial charge in [-0.3, -0.25) is 19.1 Å². The number of thioether (sulfide) groups is 1. The molecule has 0 spiro atoms. The molecular formula is C24H30N4O2S2. The first-order valence-electron chi connectivity index (χ1n) is 11.2. The number of amides is 1. The standard InChI is InChI=1S/C24H30N4O2S2/c1-4-6-14-27-21(26-12-9-7-8-10-13-26)18(17(3)19(16-25)22(27)29)15-20-23(30)28(11-5-2)24(31)32-20/h5,15H,2,4,6-14H2,1,3H3/b20-15-. The van der Waals surface area contributed by atoms with E-state index < -0.39 is 0 Å². The van der Waals surface area contributed by atoms with Crippen molar-refractivity contribution in [3.8, 4) is 6.07 Å². The van der Waals surface area contributed by atoms with Crippen LogP contribution >= 0.6 is 24.0 Å². The van der Waals surface area contributed by atoms with Crippen molar-refractivity contribution in [2.45, 2.75) is 58.9 Å². The summed E-state index contributed by atoms with van der Waals surface area (Å²) in [5.74, 6) is 0.668. The fourth-order valence-corrected chi connectivity index (χ4v) is 5.47. The van der Waals surface area contributed by atoms with Crippen molar-refractivity contribution in [1.29, 1.82) is 5.26 Å². The maximum absolute atomic E-state index is 13.3. The van der Waals surface area contributed by atoms with Gasteiger partial charge in [0.05, 0.1) is 4.91 Å². The Morgan fingerprint density at radius 2 is 1.91 bits per heavy atom. The smallest absolute Gasteiger partial charge is 0.270 e. The van der Waals surface area contributed by atoms with Crippen molar-refractivity contribution < 1.29 is 4.79 Å². The number of nitrogens with zero attached hydrogens (tertiary/aromatic N) is 4. The van der Waals surface area contributed by atoms with Gasteiger partial charge >= 0.3 is 0 Å². The first kappa shape index (κ1) is 24.3. The van der Waals surface area contributed by atoms with Gasteiger partial charge in [-0.25, -0.2) is 0 Å². The first-order valence-corrected chi connectivity index (χ1v) is 12.5. The van der Waals surface area contributed by atoms with Crippen LogP contribution in [0.15, 0.2) is 22.4 Å². The van der Waals surface area contributed by atoms with Gasteiger partial charge in [0, 0.05) is 31.7 Å². The molecule has 170 valence electrons. The van der Waals surface area contributed by atoms with Crippen molar-refractivity contribution in [1.82, 2.24) is 9.47 Å². The van der Waals surface area contributed by atoms with Crippen molar-refractivity contribution in [2.75, 3.05) is 24.5 Å². The van der Waals surface area contributed by atoms with E-state index in [1.165, 1.54) is 29.5 Å². The van der Waals surface area contributed by atoms with E-state index in [0.717, 1.165) is 50.2 Å². The molecule has 2 aliphatic heterocycles. The zero-order chi connectivity index (χ0) is 23.3. The molecule has 2 fully saturated rings. The Labute approximate surface area is 199 Å². The van der Waals surface area contributed by atoms with Crippen LogP contribution in [0.2, 0.25) is 0 Å². The third kappa shape index (κ3) is 4.84. The summed E-state index contributed by atoms with van der Waals surface area (Å²) >= 11 is 6.66. The molecule has 0 unspecified atom stereocenters. The summed E-state index contributed by atoms with van der Waals surface area (Å²) < 4.78 is 2.26. The van der Waals surface area contributed by atoms with Crippen molar-refractivity contribution in [3.05, 3.63) is 44.6 Å². The molecule has 3 rings (SSSR count). The second-order valence-electron chi connectivity index (χ2n) is 8.14. The summed E-state index contributed by atoms with van der Waals surface area (Å²) in [6.07, 6.45) is 9.72. The minimum absolute atomic E-state index is 0.146. The zero-order valence-electron chi connectivity index (χ0n) is 18.9. The number of hydrogen-bond acceptors (Lipinski definition) is 6. The Morgan fingerprint density at radius 3 is 2.50 bits per heavy atom. The van der Waals surface area contributed by atoms with Gasteiger partial charge in [0.25, 0.3) is 11.5 Å². The van der Waals surface area contributed by atoms with Gasteiger partial charge in [0.2, 0.25) is 0 Å². The lowest BCUT2D eigenvalue weighted by Gasteiger charge is -2.29. The number of hydrogen-bond donors (Lipinski definition) is 0. The molecular weight excluding hydrogens is 440 g/mol. The summed E-state index contributed by atoms with van der Waals surface area (Å²) in [5.41, 5.74) is 1.30. The molecule has 0 bridgehead atoms. The molecule has 32 heavy (non-hydrogen) atoms. The van der Waals surface area contributed by atoms with E-state index in [9.17, 15) is 14.9 Å². The van der Waals surface area contributed by atoms with Crippen LogP contribution in [-0.4, -0.2) is 39.3 Å². The molecule has 0 aliphatic carbocycles. The molecule has 0 N–H and O–H groups in total. The third-order valence-electron chi connectivity index (χ3n) is 5.95. The molecule has 6 nitrogen and oxygen atoms in total. The van der Waals surface area contributed by atoms with E-state index in [-0.39, 0.29) is 17.0 Å². The zero-order valence-corrected chi connectivity index (χ0v) is 20.5. The minimum Gasteiger partial charge on any atom is -0.357 e. The summed E-state index contributed by atoms with van der Waals surface area (Å²) in [4.78, 5) is 30.6. The van der Waals surface area contributed by atoms with Crippen LogP contribution in [0.4, 0.5) is 5.82 Å². The molecule has 2 saturated heterocycles. The molecule has 8 heteroatoms. The number of thiocarbonyl (C=S) groups is 1. The lowest BCUT2D eigenvalue weighted by Crippen LogP contribution is -2.35. The highest BCUT2D eigenvalue weighted by Crippen LogP contribution is 2.36. The molecule has 0 saturated carbocycles. The molecule has 0 radical (unpaired) electrons. The number of rotatable bonds is 7. The molecule has 3 heterocycles. The largest absolute Gasteiger partial charge is 0.357 e. The summed E-state index contributed by atoms with van der Waals surface area (Å²) in [7, 11) is 0. The maximum Gasteiger partial charge on any atom is 0.270 e. The normalized spacial score (nSPS) is 18.2. The fourth-order valence-electron chi connectivity index (χ4n) is 4.21. The van der Waals surface area contributed by atoms with Crippen LogP contribution < -0.4 is 10.5 Å². The van der Waals surface area contributed by atoms with E-state index in [4.69, 9.17) is 12.2 Å². The summed E-state index contributed by atoms with van der Waals surface area (Å²) in [6, 6.07) is 2.11. The lowest BCUT2D eigenvalue weighted by atomic mass is 10.0. The Bertz CT molecular complexity index is 1040. The summed E-state index contributed by atoms with van der Waals surface area (Å²) in [6.45, 7) is 10.2. The van der Waals surface area contributed by atoms with Gasteiger partial charge < -0.3 is 4.90 Å². The average Bonchev–Trinajstić information content (AvgIpc) is 2.96. The molecule has 2 aliphatic rings. The second kappa shape index (κ2) is 11.0. The quantitative estimate of drug-likeness (QED) is 0.330. The number of nitriles is 1. The van der Waals surface area contributed by atoms with Gasteiger partial charge in [0.1, 0.15) is 21.8 Å². The molecule has 0 atom stereocenters. The SMILES string of the molecule is C=CCN1C(=O)/C(=C/c2c(C)c(C#N)c(=O)n(CCCC)c2N2CCCCCC2)SC1=S. The number of pyridine rings is 1. The second-order valence-corrected chi connectivity index (χ2v) is 9.82. The maximum atomic E-state index is 13.3. The molecule has 1 amide bonds. The fraction of sp³-hybridized carbons (Fsp3) is 0.500. The molecule has 1 aromatic rings. The van der Waals surface area contributed by atoms with E-state index in [2.05, 4.69) is 24.5 Å². The topological polar surface area (TPSA) is 69.3 Å². The van der Waals surface area contributed by atoms with E-state index in [0.29, 0.717) is 27.9 Å². The van der Waals surface area contributed by atoms with Crippen LogP contribution in [0, 0.1) is 18.3 Å². The lowest BCUT2D eigenvalue weighted by molar-refractivity contribution is -0.121. The van der Waals surface area contributed by atoms with Gasteiger partial charge in [0.15, 0.2) is 0 Å². The van der Waals surface area contributed by atoms with Crippen LogP contribution in [-0.2, 0) is 11.3 Å². The van der Waals surface area contributed by atoms with Gasteiger partial charge in [-0.15, -0.1) is 6.58 Å². The number of anilines is 1. The Hall–Kier alpha value is -2.37. The van der Waals surface area contributed by atoms with Gasteiger partial charge in [-0.05, 0) is 37.8 Å². The highest BCUT2D eigenvalue weighted by molar-refractivity contribution is 8.26. The number of unbranched alkanes of at least 4 members (excludes halogenated alkanes) is 1. The minimum atomic E-state index is -0.242. The monoisotopic (exact) mass is 470 g/mol. The third-order valence-corrected chi connectivity index (χ3v) is 7.33. The van der Waals surface area contributed by atoms with Gasteiger partial charge in [-0.2, -0.15) is 5.26 Å². The number of aromatic nitrogens is 1. The van der Waals surface area contributed by atoms with E-state index in [1.807, 2.05) is 13.0 Å². The van der Waals surface area contributed by atoms with E-state index in [1.54, 1.807) is 10.6 Å². The predicted molar refractivity (Wildman–Crippen MR) is 136 cm³/mol. The Morgan fingerprint density at radius 1 is 1.22 bits per heavy atom. The average molecular weight is 471 g/mol. The van der Waals surface area contributed by atoms with E-state index >= 15 is 0 Å². The highest BCUT2D eigenvalue weighted by atomic mass is 32.2. The van der Waals surface area contributed by atoms with Crippen LogP contribution in [0.25, 0.3) is 6.08 Å². The number of carbonyl (C=O) groups is 1. The van der Waals surface area contributed by atoms with Crippen molar-refractivity contribution in [3.63, 3.8) is 0 Å². The predicted octanol–water partition coefficient (Wildman–Crippen LogP) is 4.60. The first-order chi connectivity index (χ1) is 15.4. The van der Waals surface area contributed by atoms with Crippen LogP contribution in [0.5, 0.6) is 0 Å². The van der Waals surface area contributed by atoms with Crippen LogP contribution in [0.1, 0.15) is 62.1 Å². The Kier molecular flexibility index (Phi) is 8.32. The number of carbonyl (C=O) groups excluding carboxylic acids is 1. The van der Waals surface area contributed by atoms with Crippen LogP contribution in [0.3, 0.4) is 0 Å². The molecule has 0 aromatic carbocycles. The Balaban J connectivity index is 2.24.